The van der Waals surface area contributed by atoms with Crippen molar-refractivity contribution in [3.63, 3.8) is 0 Å². The maximum Gasteiger partial charge on any atom is 0.225 e. The van der Waals surface area contributed by atoms with Crippen molar-refractivity contribution in [3.8, 4) is 0 Å². The lowest BCUT2D eigenvalue weighted by Crippen LogP contribution is -2.31. The van der Waals surface area contributed by atoms with Gasteiger partial charge in [-0.1, -0.05) is 37.1 Å². The van der Waals surface area contributed by atoms with Crippen LogP contribution in [-0.4, -0.2) is 17.9 Å². The lowest BCUT2D eigenvalue weighted by Gasteiger charge is -2.21. The summed E-state index contributed by atoms with van der Waals surface area (Å²) in [6.45, 7) is 1.23. The molecule has 1 aromatic rings. The minimum atomic E-state index is 0.257. The normalized spacial score (nSPS) is 15.9. The molecule has 2 N–H and O–H groups in total. The third-order valence-electron chi connectivity index (χ3n) is 3.73. The standard InChI is InChI=1S/C15H22N2O/c1-17(15(18)14-7-2-3-8-14)11-13-6-4-5-12(9-13)10-16/h4-6,9,14H,2-3,7-8,10-11,16H2,1H3. The molecule has 1 aromatic carbocycles. The number of rotatable bonds is 4. The molecule has 1 amide bonds. The molecular weight excluding hydrogens is 224 g/mol. The summed E-state index contributed by atoms with van der Waals surface area (Å²) in [5.41, 5.74) is 7.91. The first-order valence-electron chi connectivity index (χ1n) is 6.73. The summed E-state index contributed by atoms with van der Waals surface area (Å²) >= 11 is 0. The molecule has 0 aliphatic heterocycles. The highest BCUT2D eigenvalue weighted by Crippen LogP contribution is 2.26. The zero-order valence-electron chi connectivity index (χ0n) is 11.1. The van der Waals surface area contributed by atoms with E-state index in [1.807, 2.05) is 24.1 Å². The minimum Gasteiger partial charge on any atom is -0.341 e. The van der Waals surface area contributed by atoms with E-state index in [0.717, 1.165) is 24.0 Å². The summed E-state index contributed by atoms with van der Waals surface area (Å²) in [7, 11) is 1.90. The molecular formula is C15H22N2O. The molecule has 2 rings (SSSR count). The van der Waals surface area contributed by atoms with E-state index in [2.05, 4.69) is 12.1 Å². The predicted octanol–water partition coefficient (Wildman–Crippen LogP) is 2.29. The van der Waals surface area contributed by atoms with Crippen LogP contribution in [0, 0.1) is 5.92 Å². The third-order valence-corrected chi connectivity index (χ3v) is 3.73. The van der Waals surface area contributed by atoms with Crippen molar-refractivity contribution in [2.24, 2.45) is 11.7 Å². The van der Waals surface area contributed by atoms with E-state index in [0.29, 0.717) is 19.0 Å². The molecule has 0 atom stereocenters. The average Bonchev–Trinajstić information content (AvgIpc) is 2.92. The SMILES string of the molecule is CN(Cc1cccc(CN)c1)C(=O)C1CCCC1. The fraction of sp³-hybridized carbons (Fsp3) is 0.533. The minimum absolute atomic E-state index is 0.257. The fourth-order valence-corrected chi connectivity index (χ4v) is 2.69. The van der Waals surface area contributed by atoms with Crippen LogP contribution in [0.25, 0.3) is 0 Å². The van der Waals surface area contributed by atoms with E-state index in [4.69, 9.17) is 5.73 Å². The number of hydrogen-bond donors (Lipinski definition) is 1. The van der Waals surface area contributed by atoms with Crippen molar-refractivity contribution in [2.45, 2.75) is 38.8 Å². The number of carbonyl (C=O) groups is 1. The highest BCUT2D eigenvalue weighted by molar-refractivity contribution is 5.78. The second-order valence-electron chi connectivity index (χ2n) is 5.20. The molecule has 0 radical (unpaired) electrons. The average molecular weight is 246 g/mol. The Morgan fingerprint density at radius 3 is 2.67 bits per heavy atom. The molecule has 0 spiro atoms. The van der Waals surface area contributed by atoms with E-state index in [1.54, 1.807) is 0 Å². The first kappa shape index (κ1) is 13.1. The van der Waals surface area contributed by atoms with Crippen molar-refractivity contribution in [1.82, 2.24) is 4.90 Å². The second kappa shape index (κ2) is 6.01. The quantitative estimate of drug-likeness (QED) is 0.886. The van der Waals surface area contributed by atoms with E-state index in [-0.39, 0.29) is 5.92 Å². The van der Waals surface area contributed by atoms with Gasteiger partial charge in [-0.05, 0) is 24.0 Å². The summed E-state index contributed by atoms with van der Waals surface area (Å²) in [5, 5.41) is 0. The van der Waals surface area contributed by atoms with E-state index in [9.17, 15) is 4.79 Å². The molecule has 3 heteroatoms. The second-order valence-corrected chi connectivity index (χ2v) is 5.20. The number of amides is 1. The van der Waals surface area contributed by atoms with E-state index in [1.165, 1.54) is 12.8 Å². The Hall–Kier alpha value is -1.35. The Bertz CT molecular complexity index is 411. The number of carbonyl (C=O) groups excluding carboxylic acids is 1. The van der Waals surface area contributed by atoms with Crippen molar-refractivity contribution < 1.29 is 4.79 Å². The smallest absolute Gasteiger partial charge is 0.225 e. The van der Waals surface area contributed by atoms with Gasteiger partial charge in [-0.3, -0.25) is 4.79 Å². The Kier molecular flexibility index (Phi) is 4.37. The van der Waals surface area contributed by atoms with Crippen LogP contribution in [0.1, 0.15) is 36.8 Å². The summed E-state index contributed by atoms with van der Waals surface area (Å²) in [6.07, 6.45) is 4.53. The van der Waals surface area contributed by atoms with Gasteiger partial charge in [0, 0.05) is 26.1 Å². The third kappa shape index (κ3) is 3.10. The van der Waals surface area contributed by atoms with Gasteiger partial charge in [-0.25, -0.2) is 0 Å². The van der Waals surface area contributed by atoms with Crippen LogP contribution in [0.4, 0.5) is 0 Å². The molecule has 1 aliphatic rings. The zero-order valence-corrected chi connectivity index (χ0v) is 11.1. The summed E-state index contributed by atoms with van der Waals surface area (Å²) in [4.78, 5) is 14.1. The van der Waals surface area contributed by atoms with Crippen molar-refractivity contribution in [3.05, 3.63) is 35.4 Å². The molecule has 18 heavy (non-hydrogen) atoms. The molecule has 98 valence electrons. The summed E-state index contributed by atoms with van der Waals surface area (Å²) < 4.78 is 0. The fourth-order valence-electron chi connectivity index (χ4n) is 2.69. The lowest BCUT2D eigenvalue weighted by atomic mass is 10.1. The molecule has 0 bridgehead atoms. The van der Waals surface area contributed by atoms with Crippen LogP contribution in [0.15, 0.2) is 24.3 Å². The van der Waals surface area contributed by atoms with Gasteiger partial charge >= 0.3 is 0 Å². The van der Waals surface area contributed by atoms with E-state index >= 15 is 0 Å². The largest absolute Gasteiger partial charge is 0.341 e. The number of nitrogens with zero attached hydrogens (tertiary/aromatic N) is 1. The van der Waals surface area contributed by atoms with Gasteiger partial charge in [0.2, 0.25) is 5.91 Å². The molecule has 0 aromatic heterocycles. The van der Waals surface area contributed by atoms with Crippen LogP contribution in [0.2, 0.25) is 0 Å². The number of benzene rings is 1. The molecule has 0 unspecified atom stereocenters. The first-order valence-corrected chi connectivity index (χ1v) is 6.73. The Labute approximate surface area is 109 Å². The van der Waals surface area contributed by atoms with Crippen LogP contribution >= 0.6 is 0 Å². The van der Waals surface area contributed by atoms with Gasteiger partial charge < -0.3 is 10.6 Å². The van der Waals surface area contributed by atoms with Crippen LogP contribution in [0.3, 0.4) is 0 Å². The van der Waals surface area contributed by atoms with E-state index < -0.39 is 0 Å². The highest BCUT2D eigenvalue weighted by atomic mass is 16.2. The van der Waals surface area contributed by atoms with Gasteiger partial charge in [0.1, 0.15) is 0 Å². The molecule has 1 aliphatic carbocycles. The van der Waals surface area contributed by atoms with Crippen LogP contribution < -0.4 is 5.73 Å². The van der Waals surface area contributed by atoms with Gasteiger partial charge in [0.05, 0.1) is 0 Å². The number of nitrogens with two attached hydrogens (primary N) is 1. The van der Waals surface area contributed by atoms with Gasteiger partial charge in [-0.2, -0.15) is 0 Å². The molecule has 3 nitrogen and oxygen atoms in total. The van der Waals surface area contributed by atoms with Gasteiger partial charge in [-0.15, -0.1) is 0 Å². The molecule has 1 saturated carbocycles. The topological polar surface area (TPSA) is 46.3 Å². The zero-order chi connectivity index (χ0) is 13.0. The summed E-state index contributed by atoms with van der Waals surface area (Å²) in [6, 6.07) is 8.16. The van der Waals surface area contributed by atoms with Gasteiger partial charge in [0.25, 0.3) is 0 Å². The Balaban J connectivity index is 1.97. The van der Waals surface area contributed by atoms with Crippen molar-refractivity contribution in [1.29, 1.82) is 0 Å². The van der Waals surface area contributed by atoms with Crippen molar-refractivity contribution in [2.75, 3.05) is 7.05 Å². The molecule has 1 fully saturated rings. The molecule has 0 saturated heterocycles. The molecule has 0 heterocycles. The monoisotopic (exact) mass is 246 g/mol. The number of hydrogen-bond acceptors (Lipinski definition) is 2. The van der Waals surface area contributed by atoms with Crippen LogP contribution in [-0.2, 0) is 17.9 Å². The summed E-state index contributed by atoms with van der Waals surface area (Å²) in [5.74, 6) is 0.554. The first-order chi connectivity index (χ1) is 8.70. The Morgan fingerprint density at radius 1 is 1.33 bits per heavy atom. The maximum atomic E-state index is 12.2. The van der Waals surface area contributed by atoms with Gasteiger partial charge in [0.15, 0.2) is 0 Å². The Morgan fingerprint density at radius 2 is 2.00 bits per heavy atom. The van der Waals surface area contributed by atoms with Crippen molar-refractivity contribution >= 4 is 5.91 Å². The van der Waals surface area contributed by atoms with Crippen LogP contribution in [0.5, 0.6) is 0 Å². The maximum absolute atomic E-state index is 12.2. The predicted molar refractivity (Wildman–Crippen MR) is 72.8 cm³/mol. The lowest BCUT2D eigenvalue weighted by molar-refractivity contribution is -0.134. The highest BCUT2D eigenvalue weighted by Gasteiger charge is 2.25.